The highest BCUT2D eigenvalue weighted by Crippen LogP contribution is 2.21. The van der Waals surface area contributed by atoms with E-state index in [2.05, 4.69) is 27.7 Å². The molecule has 2 saturated heterocycles. The average Bonchev–Trinajstić information content (AvgIpc) is 3.31. The molecule has 2 aromatic rings. The first-order valence-corrected chi connectivity index (χ1v) is 11.5. The standard InChI is InChI=1S/C25H32FN3O3/c26-21-5-1-6-22(14-21)28-25(30)27-15-20-4-2-12-29(17-20)16-19-8-10-23(11-9-19)32-18-24-7-3-13-31-24/h1,5-6,8-11,14,20,24H,2-4,7,12-13,15-18H2,(H2,27,28,30)/t20-,24-/m1/s1. The van der Waals surface area contributed by atoms with Crippen LogP contribution in [0, 0.1) is 11.7 Å². The van der Waals surface area contributed by atoms with E-state index in [1.807, 2.05) is 12.1 Å². The SMILES string of the molecule is O=C(NC[C@H]1CCCN(Cc2ccc(OC[C@H]3CCCO3)cc2)C1)Nc1cccc(F)c1. The molecule has 2 heterocycles. The van der Waals surface area contributed by atoms with E-state index >= 15 is 0 Å². The van der Waals surface area contributed by atoms with Crippen molar-refractivity contribution < 1.29 is 18.7 Å². The molecule has 2 aliphatic heterocycles. The summed E-state index contributed by atoms with van der Waals surface area (Å²) in [5, 5.41) is 5.61. The Hall–Kier alpha value is -2.64. The molecule has 32 heavy (non-hydrogen) atoms. The van der Waals surface area contributed by atoms with Crippen LogP contribution in [0.5, 0.6) is 5.75 Å². The van der Waals surface area contributed by atoms with Crippen LogP contribution in [-0.2, 0) is 11.3 Å². The first-order chi connectivity index (χ1) is 15.6. The molecular formula is C25H32FN3O3. The number of nitrogens with zero attached hydrogens (tertiary/aromatic N) is 1. The second-order valence-corrected chi connectivity index (χ2v) is 8.68. The second-order valence-electron chi connectivity index (χ2n) is 8.68. The summed E-state index contributed by atoms with van der Waals surface area (Å²) >= 11 is 0. The summed E-state index contributed by atoms with van der Waals surface area (Å²) in [5.74, 6) is 0.915. The lowest BCUT2D eigenvalue weighted by Gasteiger charge is -2.32. The Labute approximate surface area is 189 Å². The number of ether oxygens (including phenoxy) is 2. The molecule has 2 atom stereocenters. The van der Waals surface area contributed by atoms with E-state index in [0.717, 1.165) is 57.7 Å². The summed E-state index contributed by atoms with van der Waals surface area (Å²) in [6.07, 6.45) is 4.63. The highest BCUT2D eigenvalue weighted by Gasteiger charge is 2.21. The average molecular weight is 442 g/mol. The minimum Gasteiger partial charge on any atom is -0.491 e. The molecule has 172 valence electrons. The number of likely N-dealkylation sites (tertiary alicyclic amines) is 1. The molecular weight excluding hydrogens is 409 g/mol. The van der Waals surface area contributed by atoms with Crippen molar-refractivity contribution >= 4 is 11.7 Å². The molecule has 0 aliphatic carbocycles. The zero-order valence-corrected chi connectivity index (χ0v) is 18.4. The number of amides is 2. The van der Waals surface area contributed by atoms with Gasteiger partial charge in [-0.05, 0) is 74.0 Å². The topological polar surface area (TPSA) is 62.8 Å². The van der Waals surface area contributed by atoms with E-state index < -0.39 is 0 Å². The monoisotopic (exact) mass is 441 g/mol. The van der Waals surface area contributed by atoms with Gasteiger partial charge in [-0.1, -0.05) is 18.2 Å². The first kappa shape index (κ1) is 22.6. The van der Waals surface area contributed by atoms with Gasteiger partial charge in [0.25, 0.3) is 0 Å². The number of halogens is 1. The van der Waals surface area contributed by atoms with Gasteiger partial charge < -0.3 is 20.1 Å². The Balaban J connectivity index is 1.18. The first-order valence-electron chi connectivity index (χ1n) is 11.5. The van der Waals surface area contributed by atoms with Crippen LogP contribution < -0.4 is 15.4 Å². The molecule has 0 aromatic heterocycles. The number of urea groups is 1. The zero-order valence-electron chi connectivity index (χ0n) is 18.4. The predicted octanol–water partition coefficient (Wildman–Crippen LogP) is 4.42. The van der Waals surface area contributed by atoms with E-state index in [-0.39, 0.29) is 18.0 Å². The van der Waals surface area contributed by atoms with E-state index in [1.54, 1.807) is 12.1 Å². The lowest BCUT2D eigenvalue weighted by atomic mass is 9.97. The van der Waals surface area contributed by atoms with Crippen molar-refractivity contribution in [2.45, 2.75) is 38.3 Å². The quantitative estimate of drug-likeness (QED) is 0.637. The van der Waals surface area contributed by atoms with Crippen LogP contribution in [-0.4, -0.2) is 49.9 Å². The van der Waals surface area contributed by atoms with Crippen LogP contribution in [0.3, 0.4) is 0 Å². The van der Waals surface area contributed by atoms with Crippen LogP contribution in [0.2, 0.25) is 0 Å². The summed E-state index contributed by atoms with van der Waals surface area (Å²) in [5.41, 5.74) is 1.71. The number of hydrogen-bond donors (Lipinski definition) is 2. The number of carbonyl (C=O) groups excluding carboxylic acids is 1. The maximum atomic E-state index is 13.3. The zero-order chi connectivity index (χ0) is 22.2. The molecule has 7 heteroatoms. The van der Waals surface area contributed by atoms with Crippen molar-refractivity contribution in [3.8, 4) is 5.75 Å². The van der Waals surface area contributed by atoms with Gasteiger partial charge in [-0.25, -0.2) is 9.18 Å². The molecule has 0 spiro atoms. The third-order valence-corrected chi connectivity index (χ3v) is 6.03. The number of rotatable bonds is 8. The summed E-state index contributed by atoms with van der Waals surface area (Å²) in [7, 11) is 0. The molecule has 2 amide bonds. The highest BCUT2D eigenvalue weighted by atomic mass is 19.1. The number of benzene rings is 2. The summed E-state index contributed by atoms with van der Waals surface area (Å²) in [6, 6.07) is 13.9. The van der Waals surface area contributed by atoms with Gasteiger partial charge in [0.15, 0.2) is 0 Å². The second kappa shape index (κ2) is 11.3. The molecule has 2 aromatic carbocycles. The van der Waals surface area contributed by atoms with Gasteiger partial charge in [0, 0.05) is 31.9 Å². The Morgan fingerprint density at radius 3 is 2.81 bits per heavy atom. The molecule has 2 aliphatic rings. The normalized spacial score (nSPS) is 21.3. The van der Waals surface area contributed by atoms with Crippen LogP contribution in [0.4, 0.5) is 14.9 Å². The van der Waals surface area contributed by atoms with Crippen molar-refractivity contribution in [2.24, 2.45) is 5.92 Å². The maximum absolute atomic E-state index is 13.3. The Bertz CT molecular complexity index is 871. The third kappa shape index (κ3) is 6.93. The summed E-state index contributed by atoms with van der Waals surface area (Å²) < 4.78 is 24.7. The summed E-state index contributed by atoms with van der Waals surface area (Å²) in [6.45, 7) is 4.95. The summed E-state index contributed by atoms with van der Waals surface area (Å²) in [4.78, 5) is 14.6. The molecule has 0 saturated carbocycles. The minimum atomic E-state index is -0.367. The third-order valence-electron chi connectivity index (χ3n) is 6.03. The lowest BCUT2D eigenvalue weighted by Crippen LogP contribution is -2.41. The van der Waals surface area contributed by atoms with E-state index in [9.17, 15) is 9.18 Å². The van der Waals surface area contributed by atoms with Crippen molar-refractivity contribution in [1.29, 1.82) is 0 Å². The number of anilines is 1. The van der Waals surface area contributed by atoms with Crippen molar-refractivity contribution in [3.63, 3.8) is 0 Å². The van der Waals surface area contributed by atoms with Crippen LogP contribution >= 0.6 is 0 Å². The number of piperidine rings is 1. The van der Waals surface area contributed by atoms with Crippen LogP contribution in [0.15, 0.2) is 48.5 Å². The Morgan fingerprint density at radius 2 is 2.03 bits per heavy atom. The highest BCUT2D eigenvalue weighted by molar-refractivity contribution is 5.89. The van der Waals surface area contributed by atoms with Gasteiger partial charge in [0.1, 0.15) is 18.2 Å². The van der Waals surface area contributed by atoms with Crippen molar-refractivity contribution in [2.75, 3.05) is 38.2 Å². The Kier molecular flexibility index (Phi) is 7.96. The van der Waals surface area contributed by atoms with Gasteiger partial charge in [-0.15, -0.1) is 0 Å². The van der Waals surface area contributed by atoms with Gasteiger partial charge in [-0.3, -0.25) is 4.90 Å². The van der Waals surface area contributed by atoms with E-state index in [0.29, 0.717) is 24.8 Å². The van der Waals surface area contributed by atoms with E-state index in [4.69, 9.17) is 9.47 Å². The maximum Gasteiger partial charge on any atom is 0.319 e. The molecule has 0 unspecified atom stereocenters. The number of carbonyl (C=O) groups is 1. The smallest absolute Gasteiger partial charge is 0.319 e. The van der Waals surface area contributed by atoms with Crippen LogP contribution in [0.1, 0.15) is 31.2 Å². The molecule has 2 fully saturated rings. The van der Waals surface area contributed by atoms with Gasteiger partial charge in [-0.2, -0.15) is 0 Å². The molecule has 6 nitrogen and oxygen atoms in total. The predicted molar refractivity (Wildman–Crippen MR) is 122 cm³/mol. The molecule has 0 radical (unpaired) electrons. The molecule has 0 bridgehead atoms. The van der Waals surface area contributed by atoms with E-state index in [1.165, 1.54) is 17.7 Å². The van der Waals surface area contributed by atoms with Crippen molar-refractivity contribution in [3.05, 3.63) is 59.9 Å². The number of nitrogens with one attached hydrogen (secondary N) is 2. The molecule has 2 N–H and O–H groups in total. The fraction of sp³-hybridized carbons (Fsp3) is 0.480. The fourth-order valence-electron chi connectivity index (χ4n) is 4.35. The van der Waals surface area contributed by atoms with Crippen molar-refractivity contribution in [1.82, 2.24) is 10.2 Å². The minimum absolute atomic E-state index is 0.226. The van der Waals surface area contributed by atoms with Gasteiger partial charge >= 0.3 is 6.03 Å². The lowest BCUT2D eigenvalue weighted by molar-refractivity contribution is 0.0679. The fourth-order valence-corrected chi connectivity index (χ4v) is 4.35. The van der Waals surface area contributed by atoms with Gasteiger partial charge in [0.2, 0.25) is 0 Å². The van der Waals surface area contributed by atoms with Gasteiger partial charge in [0.05, 0.1) is 6.10 Å². The molecule has 4 rings (SSSR count). The number of hydrogen-bond acceptors (Lipinski definition) is 4. The Morgan fingerprint density at radius 1 is 1.16 bits per heavy atom. The van der Waals surface area contributed by atoms with Crippen LogP contribution in [0.25, 0.3) is 0 Å². The largest absolute Gasteiger partial charge is 0.491 e.